The molecule has 52 valence electrons. The number of carbonyl (C=O) groups is 1. The molecule has 1 aromatic rings. The third-order valence-corrected chi connectivity index (χ3v) is 1.18. The molecule has 0 spiro atoms. The molecule has 0 radical (unpaired) electrons. The Balaban J connectivity index is 3.16. The topological polar surface area (TPSA) is 30.0 Å². The maximum Gasteiger partial charge on any atom is 0.151 e. The van der Waals surface area contributed by atoms with Crippen molar-refractivity contribution < 1.29 is 9.18 Å². The van der Waals surface area contributed by atoms with Gasteiger partial charge in [-0.15, -0.1) is 0 Å². The third kappa shape index (κ3) is 1.18. The predicted octanol–water partition coefficient (Wildman–Crippen LogP) is 1.34. The number of carbonyl (C=O) groups excluding carboxylic acids is 1. The molecule has 3 heteroatoms. The molecular weight excluding hydrogens is 133 g/mol. The molecular formula is C7H6FNO. The lowest BCUT2D eigenvalue weighted by atomic mass is 10.3. The number of aryl methyl sites for hydroxylation is 1. The molecule has 0 N–H and O–H groups in total. The Morgan fingerprint density at radius 3 is 2.90 bits per heavy atom. The van der Waals surface area contributed by atoms with Gasteiger partial charge in [-0.1, -0.05) is 0 Å². The number of halogens is 1. The summed E-state index contributed by atoms with van der Waals surface area (Å²) in [7, 11) is 0. The van der Waals surface area contributed by atoms with Crippen LogP contribution in [0.15, 0.2) is 12.3 Å². The molecule has 2 nitrogen and oxygen atoms in total. The average Bonchev–Trinajstić information content (AvgIpc) is 1.95. The minimum Gasteiger partial charge on any atom is -0.298 e. The van der Waals surface area contributed by atoms with E-state index in [1.54, 1.807) is 6.92 Å². The van der Waals surface area contributed by atoms with Gasteiger partial charge in [0.25, 0.3) is 0 Å². The fraction of sp³-hybridized carbons (Fsp3) is 0.143. The molecule has 0 bridgehead atoms. The van der Waals surface area contributed by atoms with Crippen LogP contribution < -0.4 is 0 Å². The maximum absolute atomic E-state index is 12.5. The van der Waals surface area contributed by atoms with E-state index in [4.69, 9.17) is 0 Å². The van der Waals surface area contributed by atoms with Gasteiger partial charge in [0, 0.05) is 11.8 Å². The minimum absolute atomic E-state index is 0.267. The first-order valence-corrected chi connectivity index (χ1v) is 2.81. The van der Waals surface area contributed by atoms with Crippen LogP contribution in [-0.4, -0.2) is 11.3 Å². The number of hydrogen-bond acceptors (Lipinski definition) is 2. The molecule has 0 aliphatic heterocycles. The number of aldehydes is 1. The fourth-order valence-electron chi connectivity index (χ4n) is 0.586. The Morgan fingerprint density at radius 2 is 2.40 bits per heavy atom. The first kappa shape index (κ1) is 6.86. The van der Waals surface area contributed by atoms with E-state index in [2.05, 4.69) is 4.98 Å². The van der Waals surface area contributed by atoms with Gasteiger partial charge in [-0.2, -0.15) is 0 Å². The number of hydrogen-bond donors (Lipinski definition) is 0. The van der Waals surface area contributed by atoms with Crippen molar-refractivity contribution >= 4 is 6.29 Å². The molecule has 0 saturated heterocycles. The lowest BCUT2D eigenvalue weighted by Gasteiger charge is -1.93. The Kier molecular flexibility index (Phi) is 1.76. The molecule has 10 heavy (non-hydrogen) atoms. The van der Waals surface area contributed by atoms with Crippen LogP contribution in [-0.2, 0) is 0 Å². The van der Waals surface area contributed by atoms with Crippen molar-refractivity contribution in [1.82, 2.24) is 4.98 Å². The fourth-order valence-corrected chi connectivity index (χ4v) is 0.586. The standard InChI is InChI=1S/C7H6FNO/c1-5-7(8)2-6(4-10)3-9-5/h2-4H,1H3. The van der Waals surface area contributed by atoms with E-state index >= 15 is 0 Å². The average molecular weight is 139 g/mol. The van der Waals surface area contributed by atoms with Gasteiger partial charge in [0.1, 0.15) is 5.82 Å². The van der Waals surface area contributed by atoms with Crippen LogP contribution in [0.1, 0.15) is 16.1 Å². The summed E-state index contributed by atoms with van der Waals surface area (Å²) in [6.07, 6.45) is 1.90. The van der Waals surface area contributed by atoms with Crippen LogP contribution in [0.25, 0.3) is 0 Å². The molecule has 0 atom stereocenters. The number of aromatic nitrogens is 1. The van der Waals surface area contributed by atoms with Gasteiger partial charge in [-0.3, -0.25) is 9.78 Å². The zero-order valence-corrected chi connectivity index (χ0v) is 5.47. The van der Waals surface area contributed by atoms with E-state index in [0.29, 0.717) is 12.0 Å². The van der Waals surface area contributed by atoms with Crippen molar-refractivity contribution in [2.45, 2.75) is 6.92 Å². The molecule has 1 heterocycles. The van der Waals surface area contributed by atoms with Gasteiger partial charge >= 0.3 is 0 Å². The summed E-state index contributed by atoms with van der Waals surface area (Å²) in [5.41, 5.74) is 0.578. The van der Waals surface area contributed by atoms with Crippen LogP contribution >= 0.6 is 0 Å². The second-order valence-corrected chi connectivity index (χ2v) is 1.95. The van der Waals surface area contributed by atoms with Gasteiger partial charge < -0.3 is 0 Å². The van der Waals surface area contributed by atoms with Gasteiger partial charge in [0.2, 0.25) is 0 Å². The summed E-state index contributed by atoms with van der Waals surface area (Å²) in [5.74, 6) is -0.440. The van der Waals surface area contributed by atoms with Crippen molar-refractivity contribution in [3.05, 3.63) is 29.3 Å². The summed E-state index contributed by atoms with van der Waals surface area (Å²) in [4.78, 5) is 13.7. The highest BCUT2D eigenvalue weighted by atomic mass is 19.1. The minimum atomic E-state index is -0.440. The Hall–Kier alpha value is -1.25. The van der Waals surface area contributed by atoms with Crippen molar-refractivity contribution in [1.29, 1.82) is 0 Å². The normalized spacial score (nSPS) is 9.40. The summed E-state index contributed by atoms with van der Waals surface area (Å²) in [5, 5.41) is 0. The Bertz CT molecular complexity index is 260. The Morgan fingerprint density at radius 1 is 1.70 bits per heavy atom. The van der Waals surface area contributed by atoms with Gasteiger partial charge in [0.05, 0.1) is 5.69 Å². The second kappa shape index (κ2) is 2.56. The summed E-state index contributed by atoms with van der Waals surface area (Å²) < 4.78 is 12.5. The van der Waals surface area contributed by atoms with Crippen LogP contribution in [0.5, 0.6) is 0 Å². The Labute approximate surface area is 57.7 Å². The van der Waals surface area contributed by atoms with E-state index in [1.165, 1.54) is 6.20 Å². The summed E-state index contributed by atoms with van der Waals surface area (Å²) in [6, 6.07) is 1.16. The molecule has 1 rings (SSSR count). The van der Waals surface area contributed by atoms with Gasteiger partial charge in [-0.05, 0) is 13.0 Å². The smallest absolute Gasteiger partial charge is 0.151 e. The number of rotatable bonds is 1. The molecule has 0 aliphatic rings. The predicted molar refractivity (Wildman–Crippen MR) is 34.3 cm³/mol. The zero-order chi connectivity index (χ0) is 7.56. The first-order chi connectivity index (χ1) is 4.74. The summed E-state index contributed by atoms with van der Waals surface area (Å²) in [6.45, 7) is 1.55. The second-order valence-electron chi connectivity index (χ2n) is 1.95. The van der Waals surface area contributed by atoms with Crippen molar-refractivity contribution in [2.75, 3.05) is 0 Å². The largest absolute Gasteiger partial charge is 0.298 e. The summed E-state index contributed by atoms with van der Waals surface area (Å²) >= 11 is 0. The SMILES string of the molecule is Cc1ncc(C=O)cc1F. The quantitative estimate of drug-likeness (QED) is 0.549. The van der Waals surface area contributed by atoms with E-state index < -0.39 is 5.82 Å². The molecule has 0 unspecified atom stereocenters. The number of pyridine rings is 1. The highest BCUT2D eigenvalue weighted by Gasteiger charge is 1.97. The van der Waals surface area contributed by atoms with Crippen LogP contribution in [0.4, 0.5) is 4.39 Å². The van der Waals surface area contributed by atoms with Gasteiger partial charge in [0.15, 0.2) is 6.29 Å². The van der Waals surface area contributed by atoms with E-state index in [1.807, 2.05) is 0 Å². The van der Waals surface area contributed by atoms with E-state index in [9.17, 15) is 9.18 Å². The zero-order valence-electron chi connectivity index (χ0n) is 5.47. The van der Waals surface area contributed by atoms with Gasteiger partial charge in [-0.25, -0.2) is 4.39 Å². The van der Waals surface area contributed by atoms with Crippen molar-refractivity contribution in [3.8, 4) is 0 Å². The lowest BCUT2D eigenvalue weighted by Crippen LogP contribution is -1.90. The molecule has 0 aromatic carbocycles. The van der Waals surface area contributed by atoms with E-state index in [-0.39, 0.29) is 5.56 Å². The van der Waals surface area contributed by atoms with E-state index in [0.717, 1.165) is 6.07 Å². The van der Waals surface area contributed by atoms with Crippen molar-refractivity contribution in [2.24, 2.45) is 0 Å². The molecule has 0 amide bonds. The van der Waals surface area contributed by atoms with Crippen LogP contribution in [0, 0.1) is 12.7 Å². The third-order valence-electron chi connectivity index (χ3n) is 1.18. The van der Waals surface area contributed by atoms with Crippen molar-refractivity contribution in [3.63, 3.8) is 0 Å². The molecule has 0 saturated carbocycles. The lowest BCUT2D eigenvalue weighted by molar-refractivity contribution is 0.112. The number of nitrogens with zero attached hydrogens (tertiary/aromatic N) is 1. The molecule has 0 aliphatic carbocycles. The monoisotopic (exact) mass is 139 g/mol. The highest BCUT2D eigenvalue weighted by Crippen LogP contribution is 2.02. The molecule has 1 aromatic heterocycles. The first-order valence-electron chi connectivity index (χ1n) is 2.81. The highest BCUT2D eigenvalue weighted by molar-refractivity contribution is 5.73. The maximum atomic E-state index is 12.5. The van der Waals surface area contributed by atoms with Crippen LogP contribution in [0.2, 0.25) is 0 Å². The molecule has 0 fully saturated rings. The van der Waals surface area contributed by atoms with Crippen LogP contribution in [0.3, 0.4) is 0 Å².